The summed E-state index contributed by atoms with van der Waals surface area (Å²) in [5.74, 6) is 1.17. The Morgan fingerprint density at radius 3 is 2.21 bits per heavy atom. The SMILES string of the molecule is COc1ccc(NC(=O)CCC(=O)NN=Cc2cc(OC)c(OC)cc2Br)cc1. The topological polar surface area (TPSA) is 98.2 Å². The predicted molar refractivity (Wildman–Crippen MR) is 114 cm³/mol. The highest BCUT2D eigenvalue weighted by atomic mass is 79.9. The fourth-order valence-corrected chi connectivity index (χ4v) is 2.75. The fourth-order valence-electron chi connectivity index (χ4n) is 2.32. The number of rotatable bonds is 9. The summed E-state index contributed by atoms with van der Waals surface area (Å²) < 4.78 is 16.2. The number of hydrogen-bond acceptors (Lipinski definition) is 6. The second-order valence-electron chi connectivity index (χ2n) is 5.80. The zero-order valence-corrected chi connectivity index (χ0v) is 17.9. The third-order valence-electron chi connectivity index (χ3n) is 3.85. The summed E-state index contributed by atoms with van der Waals surface area (Å²) in [6, 6.07) is 10.4. The molecule has 0 radical (unpaired) electrons. The Morgan fingerprint density at radius 2 is 1.59 bits per heavy atom. The van der Waals surface area contributed by atoms with Crippen LogP contribution in [0.15, 0.2) is 46.0 Å². The standard InChI is InChI=1S/C20H22BrN3O5/c1-27-15-6-4-14(5-7-15)23-19(25)8-9-20(26)24-22-12-13-10-17(28-2)18(29-3)11-16(13)21/h4-7,10-12H,8-9H2,1-3H3,(H,23,25)(H,24,26). The Labute approximate surface area is 177 Å². The first-order valence-electron chi connectivity index (χ1n) is 8.64. The lowest BCUT2D eigenvalue weighted by Gasteiger charge is -2.09. The van der Waals surface area contributed by atoms with Crippen LogP contribution < -0.4 is 25.0 Å². The normalized spacial score (nSPS) is 10.5. The van der Waals surface area contributed by atoms with Crippen molar-refractivity contribution in [2.24, 2.45) is 5.10 Å². The van der Waals surface area contributed by atoms with E-state index in [1.807, 2.05) is 0 Å². The second-order valence-corrected chi connectivity index (χ2v) is 6.65. The Balaban J connectivity index is 1.82. The van der Waals surface area contributed by atoms with Gasteiger partial charge in [0.05, 0.1) is 27.5 Å². The van der Waals surface area contributed by atoms with Crippen LogP contribution in [-0.2, 0) is 9.59 Å². The fraction of sp³-hybridized carbons (Fsp3) is 0.250. The molecule has 0 aromatic heterocycles. The van der Waals surface area contributed by atoms with Crippen molar-refractivity contribution in [3.05, 3.63) is 46.4 Å². The second kappa shape index (κ2) is 11.1. The average molecular weight is 464 g/mol. The molecule has 2 amide bonds. The zero-order chi connectivity index (χ0) is 21.2. The van der Waals surface area contributed by atoms with Crippen molar-refractivity contribution in [3.63, 3.8) is 0 Å². The molecule has 0 heterocycles. The molecular formula is C20H22BrN3O5. The van der Waals surface area contributed by atoms with Gasteiger partial charge in [-0.3, -0.25) is 9.59 Å². The molecule has 0 aliphatic carbocycles. The molecule has 0 fully saturated rings. The molecule has 0 unspecified atom stereocenters. The number of nitrogens with zero attached hydrogens (tertiary/aromatic N) is 1. The van der Waals surface area contributed by atoms with Gasteiger partial charge < -0.3 is 19.5 Å². The molecule has 2 aromatic rings. The van der Waals surface area contributed by atoms with E-state index in [2.05, 4.69) is 31.8 Å². The van der Waals surface area contributed by atoms with Crippen molar-refractivity contribution in [2.45, 2.75) is 12.8 Å². The molecule has 0 spiro atoms. The number of halogens is 1. The summed E-state index contributed by atoms with van der Waals surface area (Å²) in [5.41, 5.74) is 3.73. The van der Waals surface area contributed by atoms with Crippen molar-refractivity contribution in [1.29, 1.82) is 0 Å². The molecule has 0 atom stereocenters. The first-order chi connectivity index (χ1) is 14.0. The molecule has 0 bridgehead atoms. The van der Waals surface area contributed by atoms with Crippen LogP contribution >= 0.6 is 15.9 Å². The monoisotopic (exact) mass is 463 g/mol. The molecule has 29 heavy (non-hydrogen) atoms. The lowest BCUT2D eigenvalue weighted by atomic mass is 10.2. The number of hydrogen-bond donors (Lipinski definition) is 2. The van der Waals surface area contributed by atoms with Crippen LogP contribution in [-0.4, -0.2) is 39.4 Å². The van der Waals surface area contributed by atoms with E-state index in [1.54, 1.807) is 50.6 Å². The van der Waals surface area contributed by atoms with Gasteiger partial charge in [0.1, 0.15) is 5.75 Å². The number of carbonyl (C=O) groups excluding carboxylic acids is 2. The van der Waals surface area contributed by atoms with Crippen LogP contribution in [0.1, 0.15) is 18.4 Å². The first kappa shape index (κ1) is 22.2. The highest BCUT2D eigenvalue weighted by molar-refractivity contribution is 9.10. The molecule has 154 valence electrons. The van der Waals surface area contributed by atoms with Gasteiger partial charge in [-0.2, -0.15) is 5.10 Å². The summed E-state index contributed by atoms with van der Waals surface area (Å²) in [7, 11) is 4.65. The maximum absolute atomic E-state index is 11.9. The Kier molecular flexibility index (Phi) is 8.47. The largest absolute Gasteiger partial charge is 0.497 e. The van der Waals surface area contributed by atoms with Gasteiger partial charge >= 0.3 is 0 Å². The van der Waals surface area contributed by atoms with E-state index >= 15 is 0 Å². The highest BCUT2D eigenvalue weighted by Crippen LogP contribution is 2.32. The molecule has 2 rings (SSSR count). The van der Waals surface area contributed by atoms with E-state index in [-0.39, 0.29) is 24.7 Å². The maximum Gasteiger partial charge on any atom is 0.240 e. The van der Waals surface area contributed by atoms with Crippen LogP contribution in [0.5, 0.6) is 17.2 Å². The lowest BCUT2D eigenvalue weighted by Crippen LogP contribution is -2.20. The number of benzene rings is 2. The number of nitrogens with one attached hydrogen (secondary N) is 2. The molecule has 8 nitrogen and oxygen atoms in total. The molecule has 0 aliphatic heterocycles. The molecule has 2 N–H and O–H groups in total. The van der Waals surface area contributed by atoms with Gasteiger partial charge in [-0.25, -0.2) is 5.43 Å². The molecule has 0 saturated heterocycles. The summed E-state index contributed by atoms with van der Waals surface area (Å²) >= 11 is 3.41. The van der Waals surface area contributed by atoms with Crippen LogP contribution in [0.2, 0.25) is 0 Å². The molecule has 0 saturated carbocycles. The predicted octanol–water partition coefficient (Wildman–Crippen LogP) is 3.34. The van der Waals surface area contributed by atoms with E-state index < -0.39 is 0 Å². The summed E-state index contributed by atoms with van der Waals surface area (Å²) in [6.07, 6.45) is 1.52. The first-order valence-corrected chi connectivity index (χ1v) is 9.43. The number of ether oxygens (including phenoxy) is 3. The van der Waals surface area contributed by atoms with Crippen molar-refractivity contribution in [3.8, 4) is 17.2 Å². The maximum atomic E-state index is 11.9. The smallest absolute Gasteiger partial charge is 0.240 e. The van der Waals surface area contributed by atoms with Crippen molar-refractivity contribution in [1.82, 2.24) is 5.43 Å². The van der Waals surface area contributed by atoms with E-state index in [9.17, 15) is 9.59 Å². The number of carbonyl (C=O) groups is 2. The number of methoxy groups -OCH3 is 3. The minimum absolute atomic E-state index is 0.00638. The van der Waals surface area contributed by atoms with Gasteiger partial charge in [-0.1, -0.05) is 0 Å². The van der Waals surface area contributed by atoms with Crippen LogP contribution in [0.4, 0.5) is 5.69 Å². The molecule has 9 heteroatoms. The van der Waals surface area contributed by atoms with Crippen LogP contribution in [0.25, 0.3) is 0 Å². The Hall–Kier alpha value is -3.07. The quantitative estimate of drug-likeness (QED) is 0.438. The Morgan fingerprint density at radius 1 is 0.966 bits per heavy atom. The lowest BCUT2D eigenvalue weighted by molar-refractivity contribution is -0.124. The van der Waals surface area contributed by atoms with E-state index in [0.717, 1.165) is 4.47 Å². The third-order valence-corrected chi connectivity index (χ3v) is 4.54. The van der Waals surface area contributed by atoms with Crippen molar-refractivity contribution >= 4 is 39.6 Å². The number of hydrazone groups is 1. The van der Waals surface area contributed by atoms with Crippen molar-refractivity contribution < 1.29 is 23.8 Å². The number of amides is 2. The molecular weight excluding hydrogens is 442 g/mol. The van der Waals surface area contributed by atoms with Crippen molar-refractivity contribution in [2.75, 3.05) is 26.6 Å². The minimum Gasteiger partial charge on any atom is -0.497 e. The average Bonchev–Trinajstić information content (AvgIpc) is 2.73. The summed E-state index contributed by atoms with van der Waals surface area (Å²) in [6.45, 7) is 0. The van der Waals surface area contributed by atoms with Gasteiger partial charge in [0.15, 0.2) is 11.5 Å². The van der Waals surface area contributed by atoms with E-state index in [0.29, 0.717) is 28.5 Å². The van der Waals surface area contributed by atoms with Crippen LogP contribution in [0, 0.1) is 0 Å². The third kappa shape index (κ3) is 6.79. The van der Waals surface area contributed by atoms with Gasteiger partial charge in [0.2, 0.25) is 11.8 Å². The van der Waals surface area contributed by atoms with Crippen LogP contribution in [0.3, 0.4) is 0 Å². The summed E-state index contributed by atoms with van der Waals surface area (Å²) in [5, 5.41) is 6.63. The van der Waals surface area contributed by atoms with Gasteiger partial charge in [-0.05, 0) is 52.3 Å². The minimum atomic E-state index is -0.372. The molecule has 2 aromatic carbocycles. The van der Waals surface area contributed by atoms with Gasteiger partial charge in [0, 0.05) is 28.6 Å². The Bertz CT molecular complexity index is 884. The number of anilines is 1. The van der Waals surface area contributed by atoms with Gasteiger partial charge in [-0.15, -0.1) is 0 Å². The van der Waals surface area contributed by atoms with E-state index in [1.165, 1.54) is 13.3 Å². The van der Waals surface area contributed by atoms with E-state index in [4.69, 9.17) is 14.2 Å². The van der Waals surface area contributed by atoms with Gasteiger partial charge in [0.25, 0.3) is 0 Å². The molecule has 0 aliphatic rings. The summed E-state index contributed by atoms with van der Waals surface area (Å²) in [4.78, 5) is 23.9. The highest BCUT2D eigenvalue weighted by Gasteiger charge is 2.09. The zero-order valence-electron chi connectivity index (χ0n) is 16.3.